The van der Waals surface area contributed by atoms with Crippen molar-refractivity contribution in [3.05, 3.63) is 83.2 Å². The molecule has 7 heteroatoms. The number of hydrogen-bond donors (Lipinski definition) is 0. The highest BCUT2D eigenvalue weighted by atomic mass is 32.2. The van der Waals surface area contributed by atoms with Crippen LogP contribution in [0.25, 0.3) is 10.8 Å². The summed E-state index contributed by atoms with van der Waals surface area (Å²) in [5.74, 6) is 0.648. The monoisotopic (exact) mass is 422 g/mol. The Morgan fingerprint density at radius 3 is 2.45 bits per heavy atom. The van der Waals surface area contributed by atoms with Crippen molar-refractivity contribution in [3.63, 3.8) is 0 Å². The molecule has 146 valence electrons. The fourth-order valence-corrected chi connectivity index (χ4v) is 5.55. The zero-order valence-electron chi connectivity index (χ0n) is 15.5. The first-order valence-electron chi connectivity index (χ1n) is 9.29. The number of fused-ring (bicyclic) bond motifs is 1. The van der Waals surface area contributed by atoms with Crippen LogP contribution in [0, 0.1) is 0 Å². The van der Waals surface area contributed by atoms with Crippen molar-refractivity contribution in [1.29, 1.82) is 0 Å². The summed E-state index contributed by atoms with van der Waals surface area (Å²) in [4.78, 5) is 7.44. The van der Waals surface area contributed by atoms with Crippen molar-refractivity contribution in [3.8, 4) is 10.8 Å². The number of hydrogen-bond acceptors (Lipinski definition) is 6. The average Bonchev–Trinajstić information content (AvgIpc) is 3.44. The van der Waals surface area contributed by atoms with Gasteiger partial charge in [-0.2, -0.15) is 4.98 Å². The van der Waals surface area contributed by atoms with Gasteiger partial charge >= 0.3 is 0 Å². The van der Waals surface area contributed by atoms with Crippen LogP contribution in [0.3, 0.4) is 0 Å². The zero-order valence-corrected chi connectivity index (χ0v) is 17.1. The van der Waals surface area contributed by atoms with E-state index in [2.05, 4.69) is 17.1 Å². The van der Waals surface area contributed by atoms with E-state index in [1.54, 1.807) is 30.3 Å². The van der Waals surface area contributed by atoms with E-state index in [1.807, 2.05) is 34.5 Å². The summed E-state index contributed by atoms with van der Waals surface area (Å²) in [5.41, 5.74) is 2.46. The van der Waals surface area contributed by atoms with Crippen LogP contribution in [0.5, 0.6) is 0 Å². The normalized spacial score (nSPS) is 14.0. The summed E-state index contributed by atoms with van der Waals surface area (Å²) in [6.45, 7) is 1.26. The quantitative estimate of drug-likeness (QED) is 0.473. The lowest BCUT2D eigenvalue weighted by Crippen LogP contribution is -2.31. The molecule has 0 atom stereocenters. The predicted molar refractivity (Wildman–Crippen MR) is 113 cm³/mol. The molecule has 2 aromatic heterocycles. The number of sulfone groups is 1. The van der Waals surface area contributed by atoms with Crippen molar-refractivity contribution < 1.29 is 12.8 Å². The third-order valence-corrected chi connectivity index (χ3v) is 7.56. The van der Waals surface area contributed by atoms with Gasteiger partial charge in [0.15, 0.2) is 0 Å². The maximum Gasteiger partial charge on any atom is 0.240 e. The molecular formula is C22H18N2O3S2. The Bertz CT molecular complexity index is 1250. The molecule has 0 unspecified atom stereocenters. The van der Waals surface area contributed by atoms with E-state index in [9.17, 15) is 8.42 Å². The molecule has 0 N–H and O–H groups in total. The standard InChI is InChI=1S/C22H18N2O3S2/c25-29(26,18-9-2-1-3-10-18)21-22(27-20(23-21)19-11-6-14-28-19)24-13-12-16-7-4-5-8-17(16)15-24/h1-11,14H,12-13,15H2. The Morgan fingerprint density at radius 2 is 1.69 bits per heavy atom. The fourth-order valence-electron chi connectivity index (χ4n) is 3.56. The molecule has 2 aromatic carbocycles. The largest absolute Gasteiger partial charge is 0.418 e. The molecular weight excluding hydrogens is 404 g/mol. The molecule has 0 amide bonds. The molecule has 5 rings (SSSR count). The van der Waals surface area contributed by atoms with E-state index in [0.717, 1.165) is 11.3 Å². The van der Waals surface area contributed by atoms with Crippen LogP contribution in [-0.2, 0) is 22.8 Å². The first-order chi connectivity index (χ1) is 14.1. The van der Waals surface area contributed by atoms with Crippen LogP contribution < -0.4 is 4.90 Å². The van der Waals surface area contributed by atoms with Crippen LogP contribution in [0.15, 0.2) is 86.4 Å². The number of rotatable bonds is 4. The van der Waals surface area contributed by atoms with Crippen LogP contribution in [0.4, 0.5) is 5.88 Å². The van der Waals surface area contributed by atoms with Gasteiger partial charge in [-0.1, -0.05) is 48.5 Å². The molecule has 0 spiro atoms. The number of thiophene rings is 1. The molecule has 0 fully saturated rings. The highest BCUT2D eigenvalue weighted by Gasteiger charge is 2.32. The SMILES string of the molecule is O=S(=O)(c1ccccc1)c1nc(-c2cccs2)oc1N1CCc2ccccc2C1. The second kappa shape index (κ2) is 7.17. The molecule has 1 aliphatic heterocycles. The molecule has 0 bridgehead atoms. The number of anilines is 1. The van der Waals surface area contributed by atoms with Gasteiger partial charge in [-0.3, -0.25) is 0 Å². The summed E-state index contributed by atoms with van der Waals surface area (Å²) in [6.07, 6.45) is 0.829. The summed E-state index contributed by atoms with van der Waals surface area (Å²) in [6, 6.07) is 20.4. The predicted octanol–water partition coefficient (Wildman–Crippen LogP) is 4.80. The van der Waals surface area contributed by atoms with Gasteiger partial charge in [-0.25, -0.2) is 8.42 Å². The van der Waals surface area contributed by atoms with Gasteiger partial charge in [0, 0.05) is 13.1 Å². The third kappa shape index (κ3) is 3.26. The van der Waals surface area contributed by atoms with Gasteiger partial charge in [0.2, 0.25) is 26.6 Å². The van der Waals surface area contributed by atoms with Gasteiger partial charge < -0.3 is 9.32 Å². The minimum absolute atomic E-state index is 0.0218. The van der Waals surface area contributed by atoms with Crippen LogP contribution in [-0.4, -0.2) is 19.9 Å². The van der Waals surface area contributed by atoms with E-state index < -0.39 is 9.84 Å². The average molecular weight is 423 g/mol. The van der Waals surface area contributed by atoms with Gasteiger partial charge in [-0.05, 0) is 41.1 Å². The van der Waals surface area contributed by atoms with Crippen molar-refractivity contribution in [2.75, 3.05) is 11.4 Å². The number of nitrogens with zero attached hydrogens (tertiary/aromatic N) is 2. The Balaban J connectivity index is 1.63. The molecule has 5 nitrogen and oxygen atoms in total. The van der Waals surface area contributed by atoms with Crippen LogP contribution in [0.2, 0.25) is 0 Å². The number of aromatic nitrogens is 1. The highest BCUT2D eigenvalue weighted by Crippen LogP contribution is 2.37. The minimum Gasteiger partial charge on any atom is -0.418 e. The smallest absolute Gasteiger partial charge is 0.240 e. The maximum atomic E-state index is 13.4. The molecule has 0 saturated heterocycles. The van der Waals surface area contributed by atoms with Gasteiger partial charge in [0.25, 0.3) is 0 Å². The summed E-state index contributed by atoms with van der Waals surface area (Å²) < 4.78 is 32.8. The van der Waals surface area contributed by atoms with E-state index in [-0.39, 0.29) is 9.92 Å². The van der Waals surface area contributed by atoms with Gasteiger partial charge in [0.1, 0.15) is 0 Å². The Hall–Kier alpha value is -2.90. The van der Waals surface area contributed by atoms with E-state index in [0.29, 0.717) is 24.9 Å². The molecule has 3 heterocycles. The van der Waals surface area contributed by atoms with Gasteiger partial charge in [-0.15, -0.1) is 11.3 Å². The Labute approximate surface area is 173 Å². The third-order valence-electron chi connectivity index (χ3n) is 5.04. The highest BCUT2D eigenvalue weighted by molar-refractivity contribution is 7.91. The lowest BCUT2D eigenvalue weighted by atomic mass is 10.0. The van der Waals surface area contributed by atoms with E-state index in [1.165, 1.54) is 22.5 Å². The molecule has 0 saturated carbocycles. The van der Waals surface area contributed by atoms with Crippen molar-refractivity contribution in [1.82, 2.24) is 4.98 Å². The van der Waals surface area contributed by atoms with E-state index in [4.69, 9.17) is 4.42 Å². The molecule has 0 aliphatic carbocycles. The summed E-state index contributed by atoms with van der Waals surface area (Å²) in [5, 5.41) is 1.90. The number of oxazole rings is 1. The second-order valence-electron chi connectivity index (χ2n) is 6.86. The molecule has 4 aromatic rings. The minimum atomic E-state index is -3.81. The molecule has 0 radical (unpaired) electrons. The van der Waals surface area contributed by atoms with Crippen molar-refractivity contribution in [2.45, 2.75) is 22.9 Å². The first-order valence-corrected chi connectivity index (χ1v) is 11.7. The maximum absolute atomic E-state index is 13.4. The zero-order chi connectivity index (χ0) is 19.8. The van der Waals surface area contributed by atoms with Crippen molar-refractivity contribution in [2.24, 2.45) is 0 Å². The fraction of sp³-hybridized carbons (Fsp3) is 0.136. The van der Waals surface area contributed by atoms with Crippen LogP contribution in [0.1, 0.15) is 11.1 Å². The Kier molecular flexibility index (Phi) is 4.49. The van der Waals surface area contributed by atoms with Crippen molar-refractivity contribution >= 4 is 27.1 Å². The summed E-state index contributed by atoms with van der Waals surface area (Å²) in [7, 11) is -3.81. The first kappa shape index (κ1) is 18.1. The summed E-state index contributed by atoms with van der Waals surface area (Å²) >= 11 is 1.47. The topological polar surface area (TPSA) is 63.4 Å². The Morgan fingerprint density at radius 1 is 0.931 bits per heavy atom. The molecule has 29 heavy (non-hydrogen) atoms. The molecule has 1 aliphatic rings. The lowest BCUT2D eigenvalue weighted by molar-refractivity contribution is 0.534. The van der Waals surface area contributed by atoms with Gasteiger partial charge in [0.05, 0.1) is 9.77 Å². The number of benzene rings is 2. The van der Waals surface area contributed by atoms with E-state index >= 15 is 0 Å². The lowest BCUT2D eigenvalue weighted by Gasteiger charge is -2.28. The van der Waals surface area contributed by atoms with Crippen LogP contribution >= 0.6 is 11.3 Å². The second-order valence-corrected chi connectivity index (χ2v) is 9.68.